The number of esters is 1. The molecule has 3 aromatic rings. The molecule has 0 saturated carbocycles. The summed E-state index contributed by atoms with van der Waals surface area (Å²) >= 11 is 6.13. The van der Waals surface area contributed by atoms with Gasteiger partial charge in [0.2, 0.25) is 0 Å². The first-order chi connectivity index (χ1) is 12.9. The highest BCUT2D eigenvalue weighted by molar-refractivity contribution is 6.32. The first-order valence-corrected chi connectivity index (χ1v) is 8.53. The van der Waals surface area contributed by atoms with Gasteiger partial charge in [-0.25, -0.2) is 4.79 Å². The van der Waals surface area contributed by atoms with Crippen LogP contribution in [0.25, 0.3) is 11.0 Å². The average molecular weight is 386 g/mol. The van der Waals surface area contributed by atoms with E-state index >= 15 is 0 Å². The number of halogens is 1. The first kappa shape index (κ1) is 18.7. The molecule has 3 rings (SSSR count). The number of hydrogen-bond acceptors (Lipinski definition) is 5. The summed E-state index contributed by atoms with van der Waals surface area (Å²) in [6, 6.07) is 13.1. The lowest BCUT2D eigenvalue weighted by Gasteiger charge is -2.09. The van der Waals surface area contributed by atoms with E-state index in [4.69, 9.17) is 20.8 Å². The third kappa shape index (κ3) is 4.54. The van der Waals surface area contributed by atoms with Crippen LogP contribution in [-0.2, 0) is 16.1 Å². The van der Waals surface area contributed by atoms with Crippen molar-refractivity contribution < 1.29 is 18.7 Å². The van der Waals surface area contributed by atoms with Gasteiger partial charge in [0.1, 0.15) is 18.7 Å². The van der Waals surface area contributed by atoms with Crippen molar-refractivity contribution in [1.82, 2.24) is 5.32 Å². The number of ether oxygens (including phenoxy) is 1. The quantitative estimate of drug-likeness (QED) is 0.538. The predicted octanol–water partition coefficient (Wildman–Crippen LogP) is 3.23. The van der Waals surface area contributed by atoms with E-state index in [1.54, 1.807) is 49.4 Å². The smallest absolute Gasteiger partial charge is 0.336 e. The summed E-state index contributed by atoms with van der Waals surface area (Å²) in [5.41, 5.74) is 1.51. The van der Waals surface area contributed by atoms with Crippen molar-refractivity contribution >= 4 is 34.4 Å². The number of rotatable bonds is 5. The van der Waals surface area contributed by atoms with Gasteiger partial charge >= 0.3 is 11.6 Å². The molecule has 0 unspecified atom stereocenters. The van der Waals surface area contributed by atoms with Crippen LogP contribution in [0.4, 0.5) is 0 Å². The maximum atomic E-state index is 11.9. The van der Waals surface area contributed by atoms with E-state index in [0.29, 0.717) is 27.1 Å². The van der Waals surface area contributed by atoms with Gasteiger partial charge in [0.15, 0.2) is 0 Å². The highest BCUT2D eigenvalue weighted by Crippen LogP contribution is 2.25. The molecule has 0 aliphatic rings. The molecule has 1 heterocycles. The molecule has 0 radical (unpaired) electrons. The zero-order chi connectivity index (χ0) is 19.4. The van der Waals surface area contributed by atoms with Crippen molar-refractivity contribution in [2.45, 2.75) is 13.5 Å². The monoisotopic (exact) mass is 385 g/mol. The molecule has 6 nitrogen and oxygen atoms in total. The molecule has 2 aromatic carbocycles. The molecule has 1 aromatic heterocycles. The zero-order valence-electron chi connectivity index (χ0n) is 14.5. The van der Waals surface area contributed by atoms with E-state index in [9.17, 15) is 14.4 Å². The van der Waals surface area contributed by atoms with Crippen LogP contribution in [0, 0.1) is 6.92 Å². The zero-order valence-corrected chi connectivity index (χ0v) is 15.2. The first-order valence-electron chi connectivity index (χ1n) is 8.16. The van der Waals surface area contributed by atoms with Crippen LogP contribution >= 0.6 is 11.6 Å². The van der Waals surface area contributed by atoms with Crippen molar-refractivity contribution in [2.24, 2.45) is 0 Å². The molecule has 0 aliphatic heterocycles. The highest BCUT2D eigenvalue weighted by atomic mass is 35.5. The van der Waals surface area contributed by atoms with Crippen LogP contribution in [0.5, 0.6) is 0 Å². The van der Waals surface area contributed by atoms with Crippen molar-refractivity contribution in [3.63, 3.8) is 0 Å². The van der Waals surface area contributed by atoms with E-state index in [-0.39, 0.29) is 19.1 Å². The van der Waals surface area contributed by atoms with Gasteiger partial charge in [-0.05, 0) is 36.8 Å². The predicted molar refractivity (Wildman–Crippen MR) is 101 cm³/mol. The second kappa shape index (κ2) is 8.05. The Morgan fingerprint density at radius 3 is 2.63 bits per heavy atom. The minimum Gasteiger partial charge on any atom is -0.459 e. The fourth-order valence-electron chi connectivity index (χ4n) is 2.52. The average Bonchev–Trinajstić information content (AvgIpc) is 2.66. The van der Waals surface area contributed by atoms with Gasteiger partial charge in [-0.3, -0.25) is 9.59 Å². The van der Waals surface area contributed by atoms with Gasteiger partial charge in [0.05, 0.1) is 0 Å². The standard InChI is InChI=1S/C20H16ClNO5/c1-12-7-17-15(9-16(12)21)14(8-18(23)27-17)11-26-19(24)10-22-20(25)13-5-3-2-4-6-13/h2-9H,10-11H2,1H3,(H,22,25). The number of benzene rings is 2. The lowest BCUT2D eigenvalue weighted by molar-refractivity contribution is -0.143. The molecule has 0 spiro atoms. The third-order valence-corrected chi connectivity index (χ3v) is 4.33. The fourth-order valence-corrected chi connectivity index (χ4v) is 2.68. The van der Waals surface area contributed by atoms with Crippen LogP contribution < -0.4 is 10.9 Å². The van der Waals surface area contributed by atoms with Gasteiger partial charge < -0.3 is 14.5 Å². The van der Waals surface area contributed by atoms with Crippen molar-refractivity contribution in [2.75, 3.05) is 6.54 Å². The normalized spacial score (nSPS) is 10.6. The SMILES string of the molecule is Cc1cc2oc(=O)cc(COC(=O)CNC(=O)c3ccccc3)c2cc1Cl. The summed E-state index contributed by atoms with van der Waals surface area (Å²) in [6.45, 7) is 1.37. The Balaban J connectivity index is 1.66. The molecular weight excluding hydrogens is 370 g/mol. The van der Waals surface area contributed by atoms with Crippen LogP contribution in [0.2, 0.25) is 5.02 Å². The third-order valence-electron chi connectivity index (χ3n) is 3.93. The molecule has 0 fully saturated rings. The van der Waals surface area contributed by atoms with Gasteiger partial charge in [-0.1, -0.05) is 29.8 Å². The number of carbonyl (C=O) groups is 2. The van der Waals surface area contributed by atoms with E-state index in [1.165, 1.54) is 6.07 Å². The summed E-state index contributed by atoms with van der Waals surface area (Å²) < 4.78 is 10.3. The largest absolute Gasteiger partial charge is 0.459 e. The van der Waals surface area contributed by atoms with E-state index in [2.05, 4.69) is 5.32 Å². The van der Waals surface area contributed by atoms with Gasteiger partial charge in [-0.2, -0.15) is 0 Å². The minimum absolute atomic E-state index is 0.137. The van der Waals surface area contributed by atoms with E-state index in [0.717, 1.165) is 5.56 Å². The van der Waals surface area contributed by atoms with E-state index < -0.39 is 11.6 Å². The molecule has 0 aliphatic carbocycles. The van der Waals surface area contributed by atoms with Crippen LogP contribution in [-0.4, -0.2) is 18.4 Å². The Hall–Kier alpha value is -3.12. The lowest BCUT2D eigenvalue weighted by atomic mass is 10.1. The summed E-state index contributed by atoms with van der Waals surface area (Å²) in [6.07, 6.45) is 0. The van der Waals surface area contributed by atoms with E-state index in [1.807, 2.05) is 0 Å². The van der Waals surface area contributed by atoms with Crippen LogP contribution in [0.1, 0.15) is 21.5 Å². The molecule has 27 heavy (non-hydrogen) atoms. The van der Waals surface area contributed by atoms with Crippen LogP contribution in [0.3, 0.4) is 0 Å². The Bertz CT molecular complexity index is 1060. The van der Waals surface area contributed by atoms with Gasteiger partial charge in [0.25, 0.3) is 5.91 Å². The molecule has 0 atom stereocenters. The molecule has 1 N–H and O–H groups in total. The fraction of sp³-hybridized carbons (Fsp3) is 0.150. The van der Waals surface area contributed by atoms with Crippen LogP contribution in [0.15, 0.2) is 57.7 Å². The maximum absolute atomic E-state index is 11.9. The number of amides is 1. The summed E-state index contributed by atoms with van der Waals surface area (Å²) in [7, 11) is 0. The summed E-state index contributed by atoms with van der Waals surface area (Å²) in [5.74, 6) is -1.00. The number of hydrogen-bond donors (Lipinski definition) is 1. The van der Waals surface area contributed by atoms with Crippen molar-refractivity contribution in [1.29, 1.82) is 0 Å². The number of carbonyl (C=O) groups excluding carboxylic acids is 2. The Morgan fingerprint density at radius 1 is 1.15 bits per heavy atom. The number of aryl methyl sites for hydroxylation is 1. The molecule has 0 saturated heterocycles. The Morgan fingerprint density at radius 2 is 1.89 bits per heavy atom. The Kier molecular flexibility index (Phi) is 5.57. The second-order valence-electron chi connectivity index (χ2n) is 5.90. The molecule has 138 valence electrons. The maximum Gasteiger partial charge on any atom is 0.336 e. The number of fused-ring (bicyclic) bond motifs is 1. The summed E-state index contributed by atoms with van der Waals surface area (Å²) in [4.78, 5) is 35.6. The minimum atomic E-state index is -0.626. The summed E-state index contributed by atoms with van der Waals surface area (Å²) in [5, 5.41) is 3.59. The molecule has 1 amide bonds. The molecule has 0 bridgehead atoms. The number of nitrogens with one attached hydrogen (secondary N) is 1. The molecular formula is C20H16ClNO5. The van der Waals surface area contributed by atoms with Crippen molar-refractivity contribution in [3.05, 3.63) is 80.7 Å². The Labute approximate surface area is 159 Å². The molecule has 7 heteroatoms. The highest BCUT2D eigenvalue weighted by Gasteiger charge is 2.12. The topological polar surface area (TPSA) is 85.6 Å². The van der Waals surface area contributed by atoms with Crippen molar-refractivity contribution in [3.8, 4) is 0 Å². The van der Waals surface area contributed by atoms with Gasteiger partial charge in [-0.15, -0.1) is 0 Å². The lowest BCUT2D eigenvalue weighted by Crippen LogP contribution is -2.30. The van der Waals surface area contributed by atoms with Gasteiger partial charge in [0, 0.05) is 27.6 Å². The second-order valence-corrected chi connectivity index (χ2v) is 6.30.